The Kier molecular flexibility index (Phi) is 3.20. The minimum atomic E-state index is 0.624. The Hall–Kier alpha value is -1.41. The van der Waals surface area contributed by atoms with Gasteiger partial charge in [0.05, 0.1) is 18.7 Å². The summed E-state index contributed by atoms with van der Waals surface area (Å²) in [4.78, 5) is 0. The van der Waals surface area contributed by atoms with Gasteiger partial charge in [-0.2, -0.15) is 0 Å². The molecule has 84 valence electrons. The zero-order chi connectivity index (χ0) is 11.5. The lowest BCUT2D eigenvalue weighted by Gasteiger charge is -2.06. The summed E-state index contributed by atoms with van der Waals surface area (Å²) in [6, 6.07) is 8.06. The molecule has 0 atom stereocenters. The number of ether oxygens (including phenoxy) is 1. The summed E-state index contributed by atoms with van der Waals surface area (Å²) < 4.78 is 7.63. The van der Waals surface area contributed by atoms with E-state index in [0.717, 1.165) is 16.7 Å². The summed E-state index contributed by atoms with van der Waals surface area (Å²) in [6.07, 6.45) is 2.00. The Morgan fingerprint density at radius 2 is 2.25 bits per heavy atom. The molecule has 0 saturated carbocycles. The van der Waals surface area contributed by atoms with Crippen LogP contribution in [0.2, 0.25) is 0 Å². The molecule has 0 aliphatic rings. The second-order valence-corrected chi connectivity index (χ2v) is 4.12. The van der Waals surface area contributed by atoms with Crippen LogP contribution in [-0.4, -0.2) is 11.2 Å². The van der Waals surface area contributed by atoms with Crippen LogP contribution >= 0.6 is 11.6 Å². The molecule has 0 unspecified atom stereocenters. The number of hydrogen-bond donors (Lipinski definition) is 0. The molecule has 0 amide bonds. The van der Waals surface area contributed by atoms with Crippen LogP contribution in [0.25, 0.3) is 10.9 Å². The van der Waals surface area contributed by atoms with Crippen LogP contribution in [0.3, 0.4) is 0 Å². The molecule has 1 aromatic carbocycles. The third-order valence-corrected chi connectivity index (χ3v) is 2.53. The lowest BCUT2D eigenvalue weighted by molar-refractivity contribution is 0.344. The molecular weight excluding hydrogens is 222 g/mol. The Bertz CT molecular complexity index is 516. The Morgan fingerprint density at radius 1 is 1.44 bits per heavy atom. The van der Waals surface area contributed by atoms with Gasteiger partial charge in [-0.25, -0.2) is 0 Å². The van der Waals surface area contributed by atoms with Gasteiger partial charge in [-0.3, -0.25) is 0 Å². The highest BCUT2D eigenvalue weighted by Crippen LogP contribution is 2.27. The summed E-state index contributed by atoms with van der Waals surface area (Å²) in [5.74, 6) is 0.916. The van der Waals surface area contributed by atoms with E-state index >= 15 is 0 Å². The molecule has 0 radical (unpaired) electrons. The number of benzene rings is 1. The van der Waals surface area contributed by atoms with Gasteiger partial charge < -0.3 is 9.30 Å². The average Bonchev–Trinajstić information content (AvgIpc) is 2.63. The maximum atomic E-state index is 5.82. The Labute approximate surface area is 100 Å². The van der Waals surface area contributed by atoms with Crippen molar-refractivity contribution in [1.82, 2.24) is 4.57 Å². The largest absolute Gasteiger partial charge is 0.493 e. The lowest BCUT2D eigenvalue weighted by Crippen LogP contribution is -1.96. The highest BCUT2D eigenvalue weighted by Gasteiger charge is 2.06. The predicted octanol–water partition coefficient (Wildman–Crippen LogP) is 3.79. The van der Waals surface area contributed by atoms with Crippen LogP contribution in [0, 0.1) is 0 Å². The van der Waals surface area contributed by atoms with Crippen LogP contribution in [0.15, 0.2) is 42.1 Å². The van der Waals surface area contributed by atoms with Gasteiger partial charge in [-0.1, -0.05) is 24.2 Å². The van der Waals surface area contributed by atoms with E-state index < -0.39 is 0 Å². The molecule has 3 heteroatoms. The molecule has 1 heterocycles. The lowest BCUT2D eigenvalue weighted by atomic mass is 10.2. The van der Waals surface area contributed by atoms with E-state index in [4.69, 9.17) is 16.3 Å². The zero-order valence-electron chi connectivity index (χ0n) is 9.24. The molecule has 2 rings (SSSR count). The van der Waals surface area contributed by atoms with E-state index in [0.29, 0.717) is 18.2 Å². The van der Waals surface area contributed by atoms with Gasteiger partial charge in [0.25, 0.3) is 0 Å². The molecule has 2 aromatic rings. The molecule has 0 N–H and O–H groups in total. The molecule has 16 heavy (non-hydrogen) atoms. The van der Waals surface area contributed by atoms with E-state index in [2.05, 4.69) is 17.2 Å². The fraction of sp³-hybridized carbons (Fsp3) is 0.231. The minimum Gasteiger partial charge on any atom is -0.493 e. The Morgan fingerprint density at radius 3 is 2.94 bits per heavy atom. The third-order valence-electron chi connectivity index (χ3n) is 2.42. The first-order valence-corrected chi connectivity index (χ1v) is 5.64. The van der Waals surface area contributed by atoms with Crippen molar-refractivity contribution in [2.45, 2.75) is 13.5 Å². The van der Waals surface area contributed by atoms with E-state index in [1.807, 2.05) is 31.3 Å². The second-order valence-electron chi connectivity index (χ2n) is 3.58. The van der Waals surface area contributed by atoms with Gasteiger partial charge in [-0.05, 0) is 25.1 Å². The molecule has 0 spiro atoms. The van der Waals surface area contributed by atoms with Crippen molar-refractivity contribution in [1.29, 1.82) is 0 Å². The quantitative estimate of drug-likeness (QED) is 0.787. The van der Waals surface area contributed by atoms with Crippen molar-refractivity contribution in [3.63, 3.8) is 0 Å². The molecular formula is C13H14ClNO. The second kappa shape index (κ2) is 4.62. The van der Waals surface area contributed by atoms with Crippen LogP contribution in [0.5, 0.6) is 5.75 Å². The molecule has 0 aliphatic carbocycles. The van der Waals surface area contributed by atoms with Gasteiger partial charge in [0.1, 0.15) is 5.75 Å². The normalized spacial score (nSPS) is 10.6. The Balaban J connectivity index is 2.48. The van der Waals surface area contributed by atoms with Crippen LogP contribution in [0.1, 0.15) is 6.92 Å². The highest BCUT2D eigenvalue weighted by molar-refractivity contribution is 6.29. The first-order valence-electron chi connectivity index (χ1n) is 5.26. The van der Waals surface area contributed by atoms with Gasteiger partial charge in [0, 0.05) is 16.6 Å². The molecule has 0 fully saturated rings. The molecule has 2 nitrogen and oxygen atoms in total. The minimum absolute atomic E-state index is 0.624. The molecule has 1 aromatic heterocycles. The first-order chi connectivity index (χ1) is 7.72. The summed E-state index contributed by atoms with van der Waals surface area (Å²) in [5, 5.41) is 1.74. The fourth-order valence-electron chi connectivity index (χ4n) is 1.80. The molecule has 0 aliphatic heterocycles. The number of allylic oxidation sites excluding steroid dienone is 1. The fourth-order valence-corrected chi connectivity index (χ4v) is 1.93. The van der Waals surface area contributed by atoms with Gasteiger partial charge >= 0.3 is 0 Å². The summed E-state index contributed by atoms with van der Waals surface area (Å²) in [7, 11) is 0. The molecule has 0 bridgehead atoms. The number of fused-ring (bicyclic) bond motifs is 1. The monoisotopic (exact) mass is 235 g/mol. The van der Waals surface area contributed by atoms with Crippen molar-refractivity contribution < 1.29 is 4.74 Å². The average molecular weight is 236 g/mol. The summed E-state index contributed by atoms with van der Waals surface area (Å²) in [5.41, 5.74) is 1.12. The number of rotatable bonds is 4. The number of halogens is 1. The van der Waals surface area contributed by atoms with Crippen LogP contribution < -0.4 is 4.74 Å². The standard InChI is InChI=1S/C13H14ClNO/c1-3-16-13-6-4-5-12-11(13)7-8-15(12)9-10(2)14/h4-8H,2-3,9H2,1H3. The van der Waals surface area contributed by atoms with E-state index in [-0.39, 0.29) is 0 Å². The highest BCUT2D eigenvalue weighted by atomic mass is 35.5. The zero-order valence-corrected chi connectivity index (χ0v) is 10.00. The predicted molar refractivity (Wildman–Crippen MR) is 68.1 cm³/mol. The van der Waals surface area contributed by atoms with Crippen molar-refractivity contribution in [2.75, 3.05) is 6.61 Å². The maximum Gasteiger partial charge on any atom is 0.128 e. The number of aromatic nitrogens is 1. The van der Waals surface area contributed by atoms with E-state index in [9.17, 15) is 0 Å². The van der Waals surface area contributed by atoms with Crippen molar-refractivity contribution in [3.05, 3.63) is 42.1 Å². The maximum absolute atomic E-state index is 5.82. The molecule has 0 saturated heterocycles. The van der Waals surface area contributed by atoms with Gasteiger partial charge in [0.15, 0.2) is 0 Å². The van der Waals surface area contributed by atoms with Gasteiger partial charge in [0.2, 0.25) is 0 Å². The van der Waals surface area contributed by atoms with E-state index in [1.54, 1.807) is 0 Å². The van der Waals surface area contributed by atoms with Crippen molar-refractivity contribution in [3.8, 4) is 5.75 Å². The van der Waals surface area contributed by atoms with Crippen molar-refractivity contribution >= 4 is 22.5 Å². The number of nitrogens with zero attached hydrogens (tertiary/aromatic N) is 1. The summed E-state index contributed by atoms with van der Waals surface area (Å²) >= 11 is 5.82. The number of hydrogen-bond acceptors (Lipinski definition) is 1. The topological polar surface area (TPSA) is 14.2 Å². The first kappa shape index (κ1) is 11.1. The van der Waals surface area contributed by atoms with Crippen molar-refractivity contribution in [2.24, 2.45) is 0 Å². The smallest absolute Gasteiger partial charge is 0.128 e. The SMILES string of the molecule is C=C(Cl)Cn1ccc2c(OCC)cccc21. The van der Waals surface area contributed by atoms with Gasteiger partial charge in [-0.15, -0.1) is 0 Å². The third kappa shape index (κ3) is 2.07. The summed E-state index contributed by atoms with van der Waals surface area (Å²) in [6.45, 7) is 6.99. The van der Waals surface area contributed by atoms with E-state index in [1.165, 1.54) is 0 Å². The van der Waals surface area contributed by atoms with Crippen LogP contribution in [0.4, 0.5) is 0 Å². The van der Waals surface area contributed by atoms with Crippen LogP contribution in [-0.2, 0) is 6.54 Å².